The van der Waals surface area contributed by atoms with Crippen molar-refractivity contribution in [2.24, 2.45) is 0 Å². The molecule has 0 aromatic heterocycles. The van der Waals surface area contributed by atoms with Gasteiger partial charge in [-0.05, 0) is 24.6 Å². The van der Waals surface area contributed by atoms with Gasteiger partial charge in [-0.2, -0.15) is 0 Å². The molecule has 2 rings (SSSR count). The molecule has 1 aromatic rings. The molecule has 0 amide bonds. The second-order valence-electron chi connectivity index (χ2n) is 6.03. The summed E-state index contributed by atoms with van der Waals surface area (Å²) in [5.41, 5.74) is 0.287. The van der Waals surface area contributed by atoms with E-state index in [0.717, 1.165) is 64.0 Å². The van der Waals surface area contributed by atoms with Crippen molar-refractivity contribution >= 4 is 24.8 Å². The zero-order valence-electron chi connectivity index (χ0n) is 14.7. The second-order valence-corrected chi connectivity index (χ2v) is 6.03. The normalized spacial score (nSPS) is 16.3. The van der Waals surface area contributed by atoms with E-state index >= 15 is 0 Å². The Morgan fingerprint density at radius 1 is 1.15 bits per heavy atom. The zero-order chi connectivity index (χ0) is 17.6. The average Bonchev–Trinajstić information content (AvgIpc) is 2.53. The summed E-state index contributed by atoms with van der Waals surface area (Å²) in [7, 11) is 0. The van der Waals surface area contributed by atoms with Crippen LogP contribution in [-0.4, -0.2) is 37.4 Å². The maximum absolute atomic E-state index is 14.3. The minimum atomic E-state index is -4.78. The highest BCUT2D eigenvalue weighted by Crippen LogP contribution is 2.33. The fourth-order valence-corrected chi connectivity index (χ4v) is 3.09. The van der Waals surface area contributed by atoms with E-state index in [9.17, 15) is 17.6 Å². The number of hydrogen-bond acceptors (Lipinski definition) is 3. The Bertz CT molecular complexity index is 526. The average molecular weight is 421 g/mol. The van der Waals surface area contributed by atoms with E-state index in [1.807, 2.05) is 0 Å². The Hall–Kier alpha value is -0.760. The molecule has 1 fully saturated rings. The topological polar surface area (TPSA) is 24.5 Å². The minimum Gasteiger partial charge on any atom is -0.406 e. The minimum absolute atomic E-state index is 0. The van der Waals surface area contributed by atoms with Gasteiger partial charge in [0.05, 0.1) is 0 Å². The third-order valence-corrected chi connectivity index (χ3v) is 4.23. The number of benzene rings is 1. The Kier molecular flexibility index (Phi) is 11.5. The van der Waals surface area contributed by atoms with Gasteiger partial charge in [-0.3, -0.25) is 4.90 Å². The molecule has 9 heteroatoms. The molecule has 1 aliphatic rings. The highest BCUT2D eigenvalue weighted by Gasteiger charge is 2.32. The molecular weight excluding hydrogens is 395 g/mol. The van der Waals surface area contributed by atoms with Gasteiger partial charge >= 0.3 is 6.36 Å². The number of halogens is 6. The van der Waals surface area contributed by atoms with E-state index in [4.69, 9.17) is 0 Å². The molecule has 1 aromatic carbocycles. The van der Waals surface area contributed by atoms with Crippen molar-refractivity contribution in [3.63, 3.8) is 0 Å². The van der Waals surface area contributed by atoms with Crippen LogP contribution < -0.4 is 10.1 Å². The lowest BCUT2D eigenvalue weighted by Crippen LogP contribution is -2.45. The molecule has 3 nitrogen and oxygen atoms in total. The van der Waals surface area contributed by atoms with Gasteiger partial charge in [0.25, 0.3) is 0 Å². The Morgan fingerprint density at radius 3 is 2.38 bits per heavy atom. The molecule has 1 N–H and O–H groups in total. The summed E-state index contributed by atoms with van der Waals surface area (Å²) in [5.74, 6) is -0.848. The van der Waals surface area contributed by atoms with Crippen LogP contribution in [0.4, 0.5) is 17.6 Å². The van der Waals surface area contributed by atoms with Crippen molar-refractivity contribution in [2.45, 2.75) is 45.0 Å². The first-order valence-corrected chi connectivity index (χ1v) is 8.40. The van der Waals surface area contributed by atoms with Crippen LogP contribution in [-0.2, 0) is 0 Å². The second kappa shape index (κ2) is 11.8. The SMILES string of the molecule is CCCCC[C@@H](c1cc(OC(F)(F)F)ccc1F)N1CCNCC1.Cl.Cl. The maximum atomic E-state index is 14.3. The first-order chi connectivity index (χ1) is 11.4. The summed E-state index contributed by atoms with van der Waals surface area (Å²) in [5, 5.41) is 3.24. The molecule has 1 aliphatic heterocycles. The van der Waals surface area contributed by atoms with Gasteiger partial charge in [0.1, 0.15) is 11.6 Å². The number of rotatable bonds is 7. The van der Waals surface area contributed by atoms with Crippen LogP contribution in [0.15, 0.2) is 18.2 Å². The summed E-state index contributed by atoms with van der Waals surface area (Å²) in [6.45, 7) is 5.18. The largest absolute Gasteiger partial charge is 0.573 e. The van der Waals surface area contributed by atoms with Gasteiger partial charge in [0.2, 0.25) is 0 Å². The number of piperazine rings is 1. The summed E-state index contributed by atoms with van der Waals surface area (Å²) in [6.07, 6.45) is -1.09. The van der Waals surface area contributed by atoms with E-state index in [0.29, 0.717) is 0 Å². The van der Waals surface area contributed by atoms with Gasteiger partial charge in [-0.15, -0.1) is 38.0 Å². The number of hydrogen-bond donors (Lipinski definition) is 1. The van der Waals surface area contributed by atoms with Gasteiger partial charge in [0, 0.05) is 37.8 Å². The lowest BCUT2D eigenvalue weighted by molar-refractivity contribution is -0.274. The fourth-order valence-electron chi connectivity index (χ4n) is 3.09. The van der Waals surface area contributed by atoms with E-state index in [1.165, 1.54) is 6.07 Å². The van der Waals surface area contributed by atoms with Gasteiger partial charge in [0.15, 0.2) is 0 Å². The first-order valence-electron chi connectivity index (χ1n) is 8.40. The first kappa shape index (κ1) is 25.2. The predicted molar refractivity (Wildman–Crippen MR) is 98.9 cm³/mol. The van der Waals surface area contributed by atoms with Crippen LogP contribution in [0.25, 0.3) is 0 Å². The quantitative estimate of drug-likeness (QED) is 0.490. The zero-order valence-corrected chi connectivity index (χ0v) is 16.3. The van der Waals surface area contributed by atoms with E-state index in [2.05, 4.69) is 21.9 Å². The third-order valence-electron chi connectivity index (χ3n) is 4.23. The summed E-state index contributed by atoms with van der Waals surface area (Å²) in [6, 6.07) is 3.05. The van der Waals surface area contributed by atoms with Gasteiger partial charge < -0.3 is 10.1 Å². The van der Waals surface area contributed by atoms with Crippen molar-refractivity contribution in [3.8, 4) is 5.75 Å². The van der Waals surface area contributed by atoms with E-state index in [1.54, 1.807) is 0 Å². The van der Waals surface area contributed by atoms with Crippen LogP contribution in [0.5, 0.6) is 5.75 Å². The molecule has 0 unspecified atom stereocenters. The van der Waals surface area contributed by atoms with Gasteiger partial charge in [-0.25, -0.2) is 4.39 Å². The molecule has 1 heterocycles. The van der Waals surface area contributed by atoms with Crippen molar-refractivity contribution in [3.05, 3.63) is 29.6 Å². The third kappa shape index (κ3) is 7.86. The standard InChI is InChI=1S/C17H24F4N2O.2ClH/c1-2-3-4-5-16(23-10-8-22-9-11-23)14-12-13(6-7-15(14)18)24-17(19,20)21;;/h6-7,12,16,22H,2-5,8-11H2,1H3;2*1H/t16-;;/m0../s1. The van der Waals surface area contributed by atoms with Crippen molar-refractivity contribution in [1.82, 2.24) is 10.2 Å². The number of nitrogens with zero attached hydrogens (tertiary/aromatic N) is 1. The number of unbranched alkanes of at least 4 members (excludes halogenated alkanes) is 2. The maximum Gasteiger partial charge on any atom is 0.573 e. The van der Waals surface area contributed by atoms with Crippen LogP contribution in [0, 0.1) is 5.82 Å². The molecule has 0 saturated carbocycles. The highest BCUT2D eigenvalue weighted by atomic mass is 35.5. The van der Waals surface area contributed by atoms with Crippen molar-refractivity contribution in [1.29, 1.82) is 0 Å². The van der Waals surface area contributed by atoms with Crippen LogP contribution in [0.2, 0.25) is 0 Å². The predicted octanol–water partition coefficient (Wildman–Crippen LogP) is 5.09. The van der Waals surface area contributed by atoms with Crippen LogP contribution >= 0.6 is 24.8 Å². The number of ether oxygens (including phenoxy) is 1. The molecule has 0 spiro atoms. The molecule has 0 radical (unpaired) electrons. The molecule has 1 saturated heterocycles. The molecule has 152 valence electrons. The molecule has 0 aliphatic carbocycles. The monoisotopic (exact) mass is 420 g/mol. The van der Waals surface area contributed by atoms with Gasteiger partial charge in [-0.1, -0.05) is 26.2 Å². The highest BCUT2D eigenvalue weighted by molar-refractivity contribution is 5.85. The van der Waals surface area contributed by atoms with E-state index in [-0.39, 0.29) is 42.2 Å². The number of nitrogens with one attached hydrogen (secondary N) is 1. The Balaban J connectivity index is 0.00000312. The summed E-state index contributed by atoms with van der Waals surface area (Å²) >= 11 is 0. The fraction of sp³-hybridized carbons (Fsp3) is 0.647. The molecular formula is C17H26Cl2F4N2O. The van der Waals surface area contributed by atoms with Crippen molar-refractivity contribution in [2.75, 3.05) is 26.2 Å². The van der Waals surface area contributed by atoms with Crippen LogP contribution in [0.1, 0.15) is 44.2 Å². The Morgan fingerprint density at radius 2 is 1.81 bits per heavy atom. The van der Waals surface area contributed by atoms with E-state index < -0.39 is 12.2 Å². The lowest BCUT2D eigenvalue weighted by atomic mass is 9.97. The van der Waals surface area contributed by atoms with Crippen molar-refractivity contribution < 1.29 is 22.3 Å². The number of alkyl halides is 3. The Labute approximate surface area is 164 Å². The summed E-state index contributed by atoms with van der Waals surface area (Å²) in [4.78, 5) is 2.14. The smallest absolute Gasteiger partial charge is 0.406 e. The molecule has 1 atom stereocenters. The molecule has 0 bridgehead atoms. The summed E-state index contributed by atoms with van der Waals surface area (Å²) < 4.78 is 55.6. The lowest BCUT2D eigenvalue weighted by Gasteiger charge is -2.35. The molecule has 26 heavy (non-hydrogen) atoms. The van der Waals surface area contributed by atoms with Crippen LogP contribution in [0.3, 0.4) is 0 Å².